The molecule has 60 valence electrons. The Hall–Kier alpha value is -1.45. The van der Waals surface area contributed by atoms with E-state index in [1.807, 2.05) is 6.08 Å². The number of nitrogens with zero attached hydrogens (tertiary/aromatic N) is 1. The van der Waals surface area contributed by atoms with Crippen molar-refractivity contribution < 1.29 is 9.53 Å². The van der Waals surface area contributed by atoms with Gasteiger partial charge < -0.3 is 10.1 Å². The highest BCUT2D eigenvalue weighted by Crippen LogP contribution is 1.97. The molecule has 0 spiro atoms. The van der Waals surface area contributed by atoms with Crippen LogP contribution in [0, 0.1) is 0 Å². The van der Waals surface area contributed by atoms with Crippen LogP contribution in [0.3, 0.4) is 0 Å². The van der Waals surface area contributed by atoms with Crippen LogP contribution in [-0.2, 0) is 4.74 Å². The summed E-state index contributed by atoms with van der Waals surface area (Å²) >= 11 is 0. The van der Waals surface area contributed by atoms with Gasteiger partial charge in [0.1, 0.15) is 0 Å². The molecule has 0 atom stereocenters. The maximum atomic E-state index is 10.9. The Morgan fingerprint density at radius 1 is 1.64 bits per heavy atom. The summed E-state index contributed by atoms with van der Waals surface area (Å²) in [7, 11) is 1.35. The summed E-state index contributed by atoms with van der Waals surface area (Å²) in [5.41, 5.74) is 0. The van der Waals surface area contributed by atoms with Gasteiger partial charge in [-0.25, -0.2) is 4.79 Å². The molecular weight excluding hydrogens is 144 g/mol. The second-order valence-corrected chi connectivity index (χ2v) is 1.99. The summed E-state index contributed by atoms with van der Waals surface area (Å²) < 4.78 is 4.50. The third kappa shape index (κ3) is 2.00. The summed E-state index contributed by atoms with van der Waals surface area (Å²) in [5, 5.41) is 2.94. The summed E-state index contributed by atoms with van der Waals surface area (Å²) in [6, 6.07) is 0. The zero-order valence-electron chi connectivity index (χ0n) is 6.28. The van der Waals surface area contributed by atoms with E-state index >= 15 is 0 Å². The summed E-state index contributed by atoms with van der Waals surface area (Å²) in [6.45, 7) is 0.726. The van der Waals surface area contributed by atoms with Gasteiger partial charge in [0.15, 0.2) is 0 Å². The predicted octanol–water partition coefficient (Wildman–Crippen LogP) is 0.643. The second kappa shape index (κ2) is 3.65. The number of amides is 1. The van der Waals surface area contributed by atoms with Crippen LogP contribution >= 0.6 is 0 Å². The van der Waals surface area contributed by atoms with Crippen molar-refractivity contribution in [3.8, 4) is 0 Å². The van der Waals surface area contributed by atoms with Gasteiger partial charge in [-0.15, -0.1) is 0 Å². The first-order chi connectivity index (χ1) is 5.34. The molecule has 1 aliphatic heterocycles. The van der Waals surface area contributed by atoms with Crippen molar-refractivity contribution in [1.29, 1.82) is 0 Å². The molecule has 0 radical (unpaired) electrons. The number of nitrogens with one attached hydrogen (secondary N) is 1. The van der Waals surface area contributed by atoms with Gasteiger partial charge in [0.25, 0.3) is 0 Å². The fourth-order valence-corrected chi connectivity index (χ4v) is 0.712. The number of hydrogen-bond acceptors (Lipinski definition) is 3. The third-order valence-corrected chi connectivity index (χ3v) is 1.24. The van der Waals surface area contributed by atoms with Crippen molar-refractivity contribution in [3.63, 3.8) is 0 Å². The maximum absolute atomic E-state index is 10.9. The number of rotatable bonds is 0. The minimum absolute atomic E-state index is 0.388. The van der Waals surface area contributed by atoms with Crippen molar-refractivity contribution in [3.05, 3.63) is 24.7 Å². The fourth-order valence-electron chi connectivity index (χ4n) is 0.712. The van der Waals surface area contributed by atoms with Gasteiger partial charge in [-0.1, -0.05) is 0 Å². The van der Waals surface area contributed by atoms with E-state index in [1.54, 1.807) is 18.6 Å². The Balaban J connectivity index is 2.61. The van der Waals surface area contributed by atoms with Crippen LogP contribution in [0.5, 0.6) is 0 Å². The number of methoxy groups -OCH3 is 1. The fraction of sp³-hybridized carbons (Fsp3) is 0.286. The lowest BCUT2D eigenvalue weighted by Crippen LogP contribution is -2.19. The number of carbonyl (C=O) groups is 1. The van der Waals surface area contributed by atoms with Crippen molar-refractivity contribution in [2.45, 2.75) is 0 Å². The predicted molar refractivity (Wildman–Crippen MR) is 40.5 cm³/mol. The largest absolute Gasteiger partial charge is 0.452 e. The molecular formula is C7H10N2O2. The Morgan fingerprint density at radius 2 is 2.45 bits per heavy atom. The van der Waals surface area contributed by atoms with Crippen LogP contribution < -0.4 is 5.32 Å². The van der Waals surface area contributed by atoms with Crippen LogP contribution in [0.4, 0.5) is 4.79 Å². The van der Waals surface area contributed by atoms with Crippen molar-refractivity contribution in [2.75, 3.05) is 13.7 Å². The van der Waals surface area contributed by atoms with E-state index in [0.29, 0.717) is 0 Å². The topological polar surface area (TPSA) is 41.6 Å². The Kier molecular flexibility index (Phi) is 2.54. The van der Waals surface area contributed by atoms with Gasteiger partial charge in [-0.3, -0.25) is 4.90 Å². The molecule has 1 amide bonds. The lowest BCUT2D eigenvalue weighted by Gasteiger charge is -2.08. The molecule has 0 aromatic carbocycles. The van der Waals surface area contributed by atoms with Crippen LogP contribution in [0.2, 0.25) is 0 Å². The van der Waals surface area contributed by atoms with Gasteiger partial charge >= 0.3 is 6.09 Å². The highest BCUT2D eigenvalue weighted by molar-refractivity contribution is 5.70. The monoisotopic (exact) mass is 154 g/mol. The van der Waals surface area contributed by atoms with E-state index in [1.165, 1.54) is 12.0 Å². The molecule has 1 heterocycles. The molecule has 0 bridgehead atoms. The molecule has 0 saturated carbocycles. The zero-order chi connectivity index (χ0) is 8.10. The quantitative estimate of drug-likeness (QED) is 0.556. The Labute approximate surface area is 65.1 Å². The minimum Gasteiger partial charge on any atom is -0.452 e. The molecule has 1 rings (SSSR count). The van der Waals surface area contributed by atoms with Crippen molar-refractivity contribution in [1.82, 2.24) is 10.2 Å². The van der Waals surface area contributed by atoms with Crippen LogP contribution in [0.1, 0.15) is 0 Å². The average molecular weight is 154 g/mol. The lowest BCUT2D eigenvalue weighted by molar-refractivity contribution is 0.152. The SMILES string of the molecule is COC(=O)N1C=CCNC=C1. The number of hydrogen-bond donors (Lipinski definition) is 1. The maximum Gasteiger partial charge on any atom is 0.417 e. The Bertz CT molecular complexity index is 185. The number of ether oxygens (including phenoxy) is 1. The lowest BCUT2D eigenvalue weighted by atomic mass is 10.6. The highest BCUT2D eigenvalue weighted by Gasteiger charge is 2.06. The average Bonchev–Trinajstić information content (AvgIpc) is 2.30. The molecule has 4 heteroatoms. The van der Waals surface area contributed by atoms with E-state index < -0.39 is 0 Å². The summed E-state index contributed by atoms with van der Waals surface area (Å²) in [4.78, 5) is 12.3. The van der Waals surface area contributed by atoms with Gasteiger partial charge in [0.05, 0.1) is 7.11 Å². The zero-order valence-corrected chi connectivity index (χ0v) is 6.28. The van der Waals surface area contributed by atoms with Gasteiger partial charge in [-0.05, 0) is 6.08 Å². The molecule has 1 aliphatic rings. The van der Waals surface area contributed by atoms with Crippen LogP contribution in [-0.4, -0.2) is 24.6 Å². The molecule has 0 saturated heterocycles. The van der Waals surface area contributed by atoms with Crippen molar-refractivity contribution >= 4 is 6.09 Å². The first-order valence-corrected chi connectivity index (χ1v) is 3.27. The smallest absolute Gasteiger partial charge is 0.417 e. The molecule has 0 fully saturated rings. The second-order valence-electron chi connectivity index (χ2n) is 1.99. The minimum atomic E-state index is -0.388. The summed E-state index contributed by atoms with van der Waals surface area (Å²) in [5.74, 6) is 0. The molecule has 11 heavy (non-hydrogen) atoms. The van der Waals surface area contributed by atoms with E-state index in [2.05, 4.69) is 10.1 Å². The van der Waals surface area contributed by atoms with E-state index in [9.17, 15) is 4.79 Å². The first kappa shape index (κ1) is 7.65. The molecule has 0 aromatic rings. The molecule has 0 unspecified atom stereocenters. The van der Waals surface area contributed by atoms with Crippen LogP contribution in [0.15, 0.2) is 24.7 Å². The Morgan fingerprint density at radius 3 is 3.18 bits per heavy atom. The molecule has 0 aromatic heterocycles. The van der Waals surface area contributed by atoms with Crippen LogP contribution in [0.25, 0.3) is 0 Å². The molecule has 1 N–H and O–H groups in total. The van der Waals surface area contributed by atoms with Gasteiger partial charge in [0, 0.05) is 25.1 Å². The van der Waals surface area contributed by atoms with E-state index in [0.717, 1.165) is 6.54 Å². The van der Waals surface area contributed by atoms with E-state index in [4.69, 9.17) is 0 Å². The van der Waals surface area contributed by atoms with Gasteiger partial charge in [-0.2, -0.15) is 0 Å². The first-order valence-electron chi connectivity index (χ1n) is 3.27. The molecule has 0 aliphatic carbocycles. The third-order valence-electron chi connectivity index (χ3n) is 1.24. The number of carbonyl (C=O) groups excluding carboxylic acids is 1. The summed E-state index contributed by atoms with van der Waals surface area (Å²) in [6.07, 6.45) is 6.40. The standard InChI is InChI=1S/C7H10N2O2/c1-11-7(10)9-5-2-3-8-4-6-9/h2,4-6,8H,3H2,1H3. The van der Waals surface area contributed by atoms with Gasteiger partial charge in [0.2, 0.25) is 0 Å². The van der Waals surface area contributed by atoms with Crippen molar-refractivity contribution in [2.24, 2.45) is 0 Å². The van der Waals surface area contributed by atoms with E-state index in [-0.39, 0.29) is 6.09 Å². The highest BCUT2D eigenvalue weighted by atomic mass is 16.5. The molecule has 4 nitrogen and oxygen atoms in total. The normalized spacial score (nSPS) is 15.5.